The van der Waals surface area contributed by atoms with Crippen molar-refractivity contribution in [2.75, 3.05) is 7.05 Å². The first-order chi connectivity index (χ1) is 12.7. The minimum Gasteiger partial charge on any atom is -0.480 e. The second kappa shape index (κ2) is 6.79. The normalized spacial score (nSPS) is 17.8. The van der Waals surface area contributed by atoms with E-state index in [9.17, 15) is 24.3 Å². The Balaban J connectivity index is 1.90. The largest absolute Gasteiger partial charge is 0.480 e. The van der Waals surface area contributed by atoms with Crippen LogP contribution in [-0.2, 0) is 4.79 Å². The van der Waals surface area contributed by atoms with E-state index in [1.54, 1.807) is 0 Å². The number of rotatable bonds is 4. The number of imide groups is 1. The number of benzene rings is 1. The third kappa shape index (κ3) is 3.11. The Bertz CT molecular complexity index is 824. The molecule has 0 atom stereocenters. The number of hydrogen-bond donors (Lipinski definition) is 1. The first-order valence-corrected chi connectivity index (χ1v) is 9.19. The Labute approximate surface area is 157 Å². The van der Waals surface area contributed by atoms with Crippen molar-refractivity contribution >= 4 is 23.7 Å². The van der Waals surface area contributed by atoms with Gasteiger partial charge in [0.2, 0.25) is 0 Å². The van der Waals surface area contributed by atoms with E-state index in [0.717, 1.165) is 37.0 Å². The number of carboxylic acids is 1. The second-order valence-electron chi connectivity index (χ2n) is 7.76. The van der Waals surface area contributed by atoms with Crippen molar-refractivity contribution in [1.29, 1.82) is 0 Å². The first-order valence-electron chi connectivity index (χ1n) is 9.19. The number of aliphatic carboxylic acids is 1. The Morgan fingerprint density at radius 1 is 1.07 bits per heavy atom. The van der Waals surface area contributed by atoms with Gasteiger partial charge in [-0.15, -0.1) is 0 Å². The van der Waals surface area contributed by atoms with Crippen molar-refractivity contribution in [2.24, 2.45) is 0 Å². The molecule has 3 rings (SSSR count). The summed E-state index contributed by atoms with van der Waals surface area (Å²) >= 11 is 0. The van der Waals surface area contributed by atoms with E-state index < -0.39 is 17.4 Å². The SMILES string of the molecule is CN(C(=O)c1ccc2c(c1)C(=O)N(C1CCCCC1)C2=O)C(C)(C)C(=O)O. The lowest BCUT2D eigenvalue weighted by Crippen LogP contribution is -2.50. The van der Waals surface area contributed by atoms with Crippen LogP contribution in [0.25, 0.3) is 0 Å². The Morgan fingerprint density at radius 2 is 1.67 bits per heavy atom. The maximum Gasteiger partial charge on any atom is 0.329 e. The number of carbonyl (C=O) groups excluding carboxylic acids is 3. The van der Waals surface area contributed by atoms with Gasteiger partial charge in [0.25, 0.3) is 17.7 Å². The summed E-state index contributed by atoms with van der Waals surface area (Å²) in [5.74, 6) is -2.31. The van der Waals surface area contributed by atoms with Crippen LogP contribution in [0.2, 0.25) is 0 Å². The smallest absolute Gasteiger partial charge is 0.329 e. The van der Waals surface area contributed by atoms with Gasteiger partial charge in [-0.05, 0) is 44.9 Å². The van der Waals surface area contributed by atoms with Gasteiger partial charge >= 0.3 is 5.97 Å². The van der Waals surface area contributed by atoms with Crippen LogP contribution >= 0.6 is 0 Å². The molecule has 0 spiro atoms. The van der Waals surface area contributed by atoms with E-state index >= 15 is 0 Å². The maximum absolute atomic E-state index is 12.8. The molecule has 1 fully saturated rings. The maximum atomic E-state index is 12.8. The highest BCUT2D eigenvalue weighted by Crippen LogP contribution is 2.32. The molecule has 7 heteroatoms. The van der Waals surface area contributed by atoms with Gasteiger partial charge in [-0.2, -0.15) is 0 Å². The minimum absolute atomic E-state index is 0.0843. The average molecular weight is 372 g/mol. The van der Waals surface area contributed by atoms with E-state index in [-0.39, 0.29) is 29.0 Å². The van der Waals surface area contributed by atoms with E-state index in [1.807, 2.05) is 0 Å². The molecule has 2 aliphatic rings. The highest BCUT2D eigenvalue weighted by Gasteiger charge is 2.41. The summed E-state index contributed by atoms with van der Waals surface area (Å²) in [4.78, 5) is 52.1. The van der Waals surface area contributed by atoms with Gasteiger partial charge in [0, 0.05) is 18.7 Å². The molecule has 7 nitrogen and oxygen atoms in total. The molecule has 1 saturated carbocycles. The molecule has 1 aromatic carbocycles. The number of nitrogens with zero attached hydrogens (tertiary/aromatic N) is 2. The monoisotopic (exact) mass is 372 g/mol. The molecule has 0 saturated heterocycles. The van der Waals surface area contributed by atoms with Gasteiger partial charge in [0.1, 0.15) is 5.54 Å². The lowest BCUT2D eigenvalue weighted by Gasteiger charge is -2.31. The van der Waals surface area contributed by atoms with Crippen LogP contribution in [0.5, 0.6) is 0 Å². The number of carbonyl (C=O) groups is 4. The lowest BCUT2D eigenvalue weighted by atomic mass is 9.94. The Morgan fingerprint density at radius 3 is 2.26 bits per heavy atom. The fourth-order valence-corrected chi connectivity index (χ4v) is 3.65. The summed E-state index contributed by atoms with van der Waals surface area (Å²) < 4.78 is 0. The molecular weight excluding hydrogens is 348 g/mol. The van der Waals surface area contributed by atoms with E-state index in [2.05, 4.69) is 0 Å². The van der Waals surface area contributed by atoms with E-state index in [1.165, 1.54) is 44.0 Å². The van der Waals surface area contributed by atoms with Crippen LogP contribution in [0.4, 0.5) is 0 Å². The predicted molar refractivity (Wildman–Crippen MR) is 97.6 cm³/mol. The van der Waals surface area contributed by atoms with Crippen LogP contribution in [0, 0.1) is 0 Å². The number of carboxylic acid groups (broad SMARTS) is 1. The van der Waals surface area contributed by atoms with Crippen molar-refractivity contribution in [3.8, 4) is 0 Å². The van der Waals surface area contributed by atoms with Gasteiger partial charge in [0.05, 0.1) is 11.1 Å². The molecule has 144 valence electrons. The quantitative estimate of drug-likeness (QED) is 0.820. The fourth-order valence-electron chi connectivity index (χ4n) is 3.65. The van der Waals surface area contributed by atoms with Crippen LogP contribution in [0.3, 0.4) is 0 Å². The molecule has 27 heavy (non-hydrogen) atoms. The second-order valence-corrected chi connectivity index (χ2v) is 7.76. The Hall–Kier alpha value is -2.70. The van der Waals surface area contributed by atoms with Gasteiger partial charge in [0.15, 0.2) is 0 Å². The summed E-state index contributed by atoms with van der Waals surface area (Å²) in [6.07, 6.45) is 4.73. The van der Waals surface area contributed by atoms with Gasteiger partial charge in [-0.3, -0.25) is 19.3 Å². The zero-order valence-electron chi connectivity index (χ0n) is 15.8. The van der Waals surface area contributed by atoms with Crippen LogP contribution in [-0.4, -0.2) is 57.2 Å². The van der Waals surface area contributed by atoms with Gasteiger partial charge < -0.3 is 10.0 Å². The molecule has 0 bridgehead atoms. The first kappa shape index (κ1) is 19.1. The van der Waals surface area contributed by atoms with Crippen molar-refractivity contribution in [1.82, 2.24) is 9.80 Å². The van der Waals surface area contributed by atoms with Crippen molar-refractivity contribution in [3.05, 3.63) is 34.9 Å². The predicted octanol–water partition coefficient (Wildman–Crippen LogP) is 2.55. The molecule has 1 aliphatic heterocycles. The molecule has 0 aromatic heterocycles. The van der Waals surface area contributed by atoms with Crippen LogP contribution in [0.1, 0.15) is 77.0 Å². The number of hydrogen-bond acceptors (Lipinski definition) is 4. The highest BCUT2D eigenvalue weighted by molar-refractivity contribution is 6.22. The van der Waals surface area contributed by atoms with Gasteiger partial charge in [-0.1, -0.05) is 19.3 Å². The van der Waals surface area contributed by atoms with Crippen LogP contribution in [0.15, 0.2) is 18.2 Å². The zero-order chi connectivity index (χ0) is 19.9. The van der Waals surface area contributed by atoms with Crippen LogP contribution < -0.4 is 0 Å². The zero-order valence-corrected chi connectivity index (χ0v) is 15.8. The number of likely N-dealkylation sites (N-methyl/N-ethyl adjacent to an activating group) is 1. The Kier molecular flexibility index (Phi) is 4.80. The standard InChI is InChI=1S/C20H24N2O5/c1-20(2,19(26)27)21(3)16(23)12-9-10-14-15(11-12)18(25)22(17(14)24)13-7-5-4-6-8-13/h9-11,13H,4-8H2,1-3H3,(H,26,27). The van der Waals surface area contributed by atoms with Crippen molar-refractivity contribution in [3.63, 3.8) is 0 Å². The summed E-state index contributed by atoms with van der Waals surface area (Å²) in [7, 11) is 1.41. The molecule has 1 N–H and O–H groups in total. The van der Waals surface area contributed by atoms with Crippen molar-refractivity contribution in [2.45, 2.75) is 57.5 Å². The molecule has 0 radical (unpaired) electrons. The summed E-state index contributed by atoms with van der Waals surface area (Å²) in [6, 6.07) is 4.30. The average Bonchev–Trinajstić information content (AvgIpc) is 2.91. The van der Waals surface area contributed by atoms with E-state index in [4.69, 9.17) is 0 Å². The topological polar surface area (TPSA) is 95.0 Å². The third-order valence-corrected chi connectivity index (χ3v) is 5.77. The minimum atomic E-state index is -1.40. The third-order valence-electron chi connectivity index (χ3n) is 5.77. The number of fused-ring (bicyclic) bond motifs is 1. The van der Waals surface area contributed by atoms with E-state index in [0.29, 0.717) is 5.56 Å². The molecule has 1 aliphatic carbocycles. The number of amides is 3. The van der Waals surface area contributed by atoms with Crippen molar-refractivity contribution < 1.29 is 24.3 Å². The summed E-state index contributed by atoms with van der Waals surface area (Å²) in [5.41, 5.74) is -0.679. The fraction of sp³-hybridized carbons (Fsp3) is 0.500. The summed E-state index contributed by atoms with van der Waals surface area (Å²) in [5, 5.41) is 9.32. The summed E-state index contributed by atoms with van der Waals surface area (Å²) in [6.45, 7) is 2.86. The lowest BCUT2D eigenvalue weighted by molar-refractivity contribution is -0.147. The molecule has 0 unspecified atom stereocenters. The van der Waals surface area contributed by atoms with Gasteiger partial charge in [-0.25, -0.2) is 4.79 Å². The highest BCUT2D eigenvalue weighted by atomic mass is 16.4. The molecule has 1 aromatic rings. The molecular formula is C20H24N2O5. The molecule has 3 amide bonds. The molecule has 1 heterocycles.